The van der Waals surface area contributed by atoms with Crippen LogP contribution < -0.4 is 30.3 Å². The molecule has 16 nitrogen and oxygen atoms in total. The zero-order chi connectivity index (χ0) is 48.5. The Morgan fingerprint density at radius 1 is 0.551 bits per heavy atom. The number of hydrogen-bond donors (Lipinski definition) is 4. The van der Waals surface area contributed by atoms with Gasteiger partial charge in [-0.1, -0.05) is 90.7 Å². The average Bonchev–Trinajstić information content (AvgIpc) is 3.34. The molecule has 69 heavy (non-hydrogen) atoms. The summed E-state index contributed by atoms with van der Waals surface area (Å²) in [6, 6.07) is 40.5. The van der Waals surface area contributed by atoms with Gasteiger partial charge in [-0.15, -0.1) is 5.11 Å². The number of ether oxygens (including phenoxy) is 2. The smallest absolute Gasteiger partial charge is 0.871 e. The Bertz CT molecular complexity index is 3090. The van der Waals surface area contributed by atoms with Gasteiger partial charge >= 0.3 is 43.7 Å². The summed E-state index contributed by atoms with van der Waals surface area (Å²) in [7, 11) is 2.93. The number of nitrogens with zero attached hydrogens (tertiary/aromatic N) is 4. The van der Waals surface area contributed by atoms with Crippen molar-refractivity contribution in [2.45, 2.75) is 13.8 Å². The van der Waals surface area contributed by atoms with Crippen LogP contribution in [0.25, 0.3) is 21.5 Å². The van der Waals surface area contributed by atoms with E-state index in [-0.39, 0.29) is 66.5 Å². The molecule has 340 valence electrons. The van der Waals surface area contributed by atoms with E-state index in [1.807, 2.05) is 12.1 Å². The van der Waals surface area contributed by atoms with Crippen LogP contribution in [0.4, 0.5) is 34.1 Å². The van der Waals surface area contributed by atoms with Crippen molar-refractivity contribution in [2.75, 3.05) is 24.9 Å². The maximum absolute atomic E-state index is 12.7. The second kappa shape index (κ2) is 22.5. The number of carbonyl (C=O) groups excluding carboxylic acids is 3. The maximum atomic E-state index is 12.7. The van der Waals surface area contributed by atoms with Crippen molar-refractivity contribution in [2.24, 2.45) is 20.5 Å². The van der Waals surface area contributed by atoms with Gasteiger partial charge in [0.05, 0.1) is 48.6 Å². The second-order valence-electron chi connectivity index (χ2n) is 15.0. The largest absolute Gasteiger partial charge is 2.00 e. The number of methoxy groups -OCH3 is 2. The first-order chi connectivity index (χ1) is 32.8. The molecule has 0 saturated carbocycles. The summed E-state index contributed by atoms with van der Waals surface area (Å²) in [6.45, 7) is 3.56. The number of fused-ring (bicyclic) bond motifs is 2. The van der Waals surface area contributed by atoms with Crippen LogP contribution in [-0.2, 0) is 0 Å². The van der Waals surface area contributed by atoms with Crippen molar-refractivity contribution in [3.8, 4) is 23.0 Å². The van der Waals surface area contributed by atoms with Crippen LogP contribution in [0.2, 0.25) is 0 Å². The van der Waals surface area contributed by atoms with E-state index >= 15 is 0 Å². The number of benzene rings is 8. The number of carboxylic acid groups (broad SMARTS) is 2. The molecule has 8 rings (SSSR count). The van der Waals surface area contributed by atoms with E-state index in [0.717, 1.165) is 0 Å². The van der Waals surface area contributed by atoms with Crippen LogP contribution in [0.1, 0.15) is 52.6 Å². The summed E-state index contributed by atoms with van der Waals surface area (Å²) in [5, 5.41) is 68.6. The molecule has 4 N–H and O–H groups in total. The summed E-state index contributed by atoms with van der Waals surface area (Å²) in [5.41, 5.74) is 3.28. The zero-order valence-corrected chi connectivity index (χ0v) is 39.7. The third kappa shape index (κ3) is 11.5. The molecule has 0 fully saturated rings. The maximum Gasteiger partial charge on any atom is 2.00 e. The molecular weight excluding hydrogens is 909 g/mol. The van der Waals surface area contributed by atoms with E-state index in [0.29, 0.717) is 78.0 Å². The third-order valence-corrected chi connectivity index (χ3v) is 10.5. The Hall–Kier alpha value is -8.18. The minimum Gasteiger partial charge on any atom is -0.871 e. The fourth-order valence-electron chi connectivity index (χ4n) is 7.14. The van der Waals surface area contributed by atoms with Gasteiger partial charge in [0.2, 0.25) is 0 Å². The van der Waals surface area contributed by atoms with Crippen LogP contribution in [-0.4, -0.2) is 85.9 Å². The van der Waals surface area contributed by atoms with Crippen molar-refractivity contribution >= 4 is 117 Å². The third-order valence-electron chi connectivity index (χ3n) is 10.5. The average molecular weight is 949 g/mol. The van der Waals surface area contributed by atoms with Gasteiger partial charge in [-0.3, -0.25) is 9.59 Å². The number of carbonyl (C=O) groups is 4. The molecule has 0 aromatic heterocycles. The molecule has 0 heterocycles. The van der Waals surface area contributed by atoms with Crippen molar-refractivity contribution in [3.05, 3.63) is 179 Å². The normalized spacial score (nSPS) is 10.8. The number of aromatic carboxylic acids is 2. The number of aromatic hydroxyl groups is 1. The van der Waals surface area contributed by atoms with E-state index < -0.39 is 29.0 Å². The van der Waals surface area contributed by atoms with Gasteiger partial charge < -0.3 is 45.3 Å². The van der Waals surface area contributed by atoms with Crippen molar-refractivity contribution < 1.29 is 49.1 Å². The number of amides is 2. The van der Waals surface area contributed by atoms with E-state index in [2.05, 4.69) is 31.1 Å². The van der Waals surface area contributed by atoms with Crippen LogP contribution in [0.15, 0.2) is 166 Å². The van der Waals surface area contributed by atoms with E-state index in [4.69, 9.17) is 9.47 Å². The molecule has 0 aliphatic heterocycles. The molecule has 0 radical (unpaired) electrons. The first-order valence-corrected chi connectivity index (χ1v) is 20.6. The molecule has 0 unspecified atom stereocenters. The molecule has 2 amide bonds. The first kappa shape index (κ1) is 50.2. The fourth-order valence-corrected chi connectivity index (χ4v) is 7.14. The number of rotatable bonds is 12. The predicted octanol–water partition coefficient (Wildman–Crippen LogP) is 10.1. The first-order valence-electron chi connectivity index (χ1n) is 20.6. The predicted molar refractivity (Wildman–Crippen MR) is 259 cm³/mol. The van der Waals surface area contributed by atoms with Gasteiger partial charge in [0, 0.05) is 34.0 Å². The van der Waals surface area contributed by atoms with Gasteiger partial charge in [-0.2, -0.15) is 15.3 Å². The fraction of sp³-hybridized carbons (Fsp3) is 0.0769. The summed E-state index contributed by atoms with van der Waals surface area (Å²) >= 11 is 0. The summed E-state index contributed by atoms with van der Waals surface area (Å²) in [5.74, 6) is -3.93. The molecule has 0 spiro atoms. The quantitative estimate of drug-likeness (QED) is 0.0666. The molecule has 0 saturated heterocycles. The SMILES string of the molecule is COc1cc(N=Nc2c(O)c(C(=O)O)cc3ccccc23)cc(C)c1NC(=O)c1ccccc1.COc1cc(N=Nc2c([O-])c(C(=O)[O-])cc3ccccc23)cc(C)c1NC(=O)c1ccccc1.[Ca+2]. The zero-order valence-electron chi connectivity index (χ0n) is 37.5. The molecule has 0 aliphatic carbocycles. The number of carboxylic acids is 2. The van der Waals surface area contributed by atoms with Gasteiger partial charge in [-0.25, -0.2) is 4.79 Å². The van der Waals surface area contributed by atoms with Gasteiger partial charge in [0.1, 0.15) is 22.7 Å². The van der Waals surface area contributed by atoms with Crippen molar-refractivity contribution in [1.29, 1.82) is 0 Å². The van der Waals surface area contributed by atoms with E-state index in [1.165, 1.54) is 26.4 Å². The second-order valence-corrected chi connectivity index (χ2v) is 15.0. The molecule has 0 aliphatic rings. The monoisotopic (exact) mass is 948 g/mol. The summed E-state index contributed by atoms with van der Waals surface area (Å²) in [4.78, 5) is 48.2. The number of nitrogens with one attached hydrogen (secondary N) is 2. The minimum absolute atomic E-state index is 0. The van der Waals surface area contributed by atoms with Crippen LogP contribution >= 0.6 is 0 Å². The standard InChI is InChI=1S/2C26H21N3O5.Ca/c2*1-15-12-18(14-21(34-2)22(15)27-25(31)16-8-4-3-5-9-16)28-29-23-19-11-7-6-10-17(19)13-20(24(23)30)26(32)33;/h2*3-14,30H,1-2H3,(H,27,31)(H,32,33);/q;;+2/p-2. The number of hydrogen-bond acceptors (Lipinski definition) is 13. The van der Waals surface area contributed by atoms with Gasteiger partial charge in [-0.05, 0) is 89.8 Å². The molecule has 8 aromatic carbocycles. The Morgan fingerprint density at radius 3 is 1.39 bits per heavy atom. The number of azo groups is 2. The van der Waals surface area contributed by atoms with Gasteiger partial charge in [0.15, 0.2) is 5.75 Å². The Labute approximate surface area is 424 Å². The van der Waals surface area contributed by atoms with Crippen LogP contribution in [0.5, 0.6) is 23.0 Å². The summed E-state index contributed by atoms with van der Waals surface area (Å²) in [6.07, 6.45) is 0. The number of anilines is 2. The van der Waals surface area contributed by atoms with Crippen molar-refractivity contribution in [1.82, 2.24) is 0 Å². The van der Waals surface area contributed by atoms with E-state index in [1.54, 1.807) is 135 Å². The number of phenols is 1. The van der Waals surface area contributed by atoms with Crippen LogP contribution in [0, 0.1) is 13.8 Å². The Balaban J connectivity index is 0.000000224. The molecule has 0 atom stereocenters. The Morgan fingerprint density at radius 2 is 0.957 bits per heavy atom. The molecule has 0 bridgehead atoms. The van der Waals surface area contributed by atoms with Gasteiger partial charge in [0.25, 0.3) is 11.8 Å². The van der Waals surface area contributed by atoms with Crippen LogP contribution in [0.3, 0.4) is 0 Å². The molecule has 8 aromatic rings. The molecule has 17 heteroatoms. The minimum atomic E-state index is -1.58. The summed E-state index contributed by atoms with van der Waals surface area (Å²) < 4.78 is 10.9. The Kier molecular flexibility index (Phi) is 16.4. The van der Waals surface area contributed by atoms with E-state index in [9.17, 15) is 39.6 Å². The number of aryl methyl sites for hydroxylation is 2. The van der Waals surface area contributed by atoms with Crippen molar-refractivity contribution in [3.63, 3.8) is 0 Å². The molecular formula is C52H40CaN6O10. The topological polar surface area (TPSA) is 247 Å².